The summed E-state index contributed by atoms with van der Waals surface area (Å²) in [4.78, 5) is 29.8. The lowest BCUT2D eigenvalue weighted by Gasteiger charge is -2.37. The topological polar surface area (TPSA) is 76.9 Å². The molecule has 0 radical (unpaired) electrons. The number of nitrogens with zero attached hydrogens (tertiary/aromatic N) is 4. The molecule has 0 N–H and O–H groups in total. The molecule has 0 saturated carbocycles. The highest BCUT2D eigenvalue weighted by molar-refractivity contribution is 5.80. The van der Waals surface area contributed by atoms with Crippen LogP contribution in [-0.2, 0) is 4.79 Å². The lowest BCUT2D eigenvalue weighted by molar-refractivity contribution is -0.135. The summed E-state index contributed by atoms with van der Waals surface area (Å²) in [5.41, 5.74) is 2.28. The van der Waals surface area contributed by atoms with Crippen molar-refractivity contribution in [3.63, 3.8) is 0 Å². The number of benzene rings is 2. The number of hydrogen-bond acceptors (Lipinski definition) is 6. The van der Waals surface area contributed by atoms with Gasteiger partial charge in [-0.25, -0.2) is 4.68 Å². The fourth-order valence-electron chi connectivity index (χ4n) is 4.09. The van der Waals surface area contributed by atoms with Gasteiger partial charge in [-0.05, 0) is 68.4 Å². The normalized spacial score (nSPS) is 14.6. The first kappa shape index (κ1) is 23.4. The molecule has 1 amide bonds. The smallest absolute Gasteiger partial charge is 0.267 e. The minimum absolute atomic E-state index is 0.104. The quantitative estimate of drug-likeness (QED) is 0.537. The number of rotatable bonds is 7. The van der Waals surface area contributed by atoms with Gasteiger partial charge in [-0.3, -0.25) is 9.59 Å². The number of amides is 1. The number of methoxy groups -OCH3 is 1. The van der Waals surface area contributed by atoms with Gasteiger partial charge >= 0.3 is 0 Å². The van der Waals surface area contributed by atoms with Crippen molar-refractivity contribution in [3.05, 3.63) is 71.0 Å². The maximum absolute atomic E-state index is 13.2. The highest BCUT2D eigenvalue weighted by Crippen LogP contribution is 2.22. The molecule has 1 atom stereocenters. The molecule has 0 bridgehead atoms. The molecule has 2 heterocycles. The predicted octanol–water partition coefficient (Wildman–Crippen LogP) is 3.23. The number of ether oxygens (including phenoxy) is 2. The molecule has 3 aromatic rings. The molecule has 8 heteroatoms. The van der Waals surface area contributed by atoms with Crippen molar-refractivity contribution in [2.45, 2.75) is 19.9 Å². The molecule has 1 fully saturated rings. The molecular formula is C26H30N4O4. The first-order valence-corrected chi connectivity index (χ1v) is 11.5. The fourth-order valence-corrected chi connectivity index (χ4v) is 4.09. The van der Waals surface area contributed by atoms with Gasteiger partial charge in [0.15, 0.2) is 0 Å². The van der Waals surface area contributed by atoms with Crippen molar-refractivity contribution in [2.24, 2.45) is 0 Å². The number of piperazine rings is 1. The second kappa shape index (κ2) is 10.4. The Morgan fingerprint density at radius 1 is 0.941 bits per heavy atom. The number of hydrogen-bond donors (Lipinski definition) is 0. The van der Waals surface area contributed by atoms with Crippen molar-refractivity contribution in [1.82, 2.24) is 14.7 Å². The third-order valence-electron chi connectivity index (χ3n) is 6.04. The van der Waals surface area contributed by atoms with Crippen LogP contribution in [0.1, 0.15) is 19.9 Å². The van der Waals surface area contributed by atoms with E-state index in [1.165, 1.54) is 10.7 Å². The van der Waals surface area contributed by atoms with E-state index in [0.717, 1.165) is 35.8 Å². The Morgan fingerprint density at radius 2 is 1.59 bits per heavy atom. The van der Waals surface area contributed by atoms with E-state index in [-0.39, 0.29) is 11.5 Å². The van der Waals surface area contributed by atoms with E-state index < -0.39 is 6.04 Å². The van der Waals surface area contributed by atoms with Crippen molar-refractivity contribution in [1.29, 1.82) is 0 Å². The van der Waals surface area contributed by atoms with Crippen LogP contribution in [0, 0.1) is 0 Å². The van der Waals surface area contributed by atoms with E-state index in [0.29, 0.717) is 25.4 Å². The van der Waals surface area contributed by atoms with Crippen LogP contribution in [0.4, 0.5) is 5.69 Å². The van der Waals surface area contributed by atoms with Gasteiger partial charge in [-0.15, -0.1) is 0 Å². The first-order chi connectivity index (χ1) is 16.5. The minimum atomic E-state index is -0.692. The van der Waals surface area contributed by atoms with Gasteiger partial charge in [-0.1, -0.05) is 0 Å². The van der Waals surface area contributed by atoms with Crippen LogP contribution in [0.25, 0.3) is 11.3 Å². The summed E-state index contributed by atoms with van der Waals surface area (Å²) in [5.74, 6) is 1.49. The average molecular weight is 463 g/mol. The average Bonchev–Trinajstić information content (AvgIpc) is 2.89. The lowest BCUT2D eigenvalue weighted by atomic mass is 10.1. The molecule has 4 rings (SSSR count). The van der Waals surface area contributed by atoms with Crippen LogP contribution in [0.3, 0.4) is 0 Å². The van der Waals surface area contributed by atoms with Gasteiger partial charge in [0.25, 0.3) is 5.56 Å². The summed E-state index contributed by atoms with van der Waals surface area (Å²) >= 11 is 0. The third-order valence-corrected chi connectivity index (χ3v) is 6.04. The van der Waals surface area contributed by atoms with Crippen LogP contribution in [0.15, 0.2) is 65.5 Å². The highest BCUT2D eigenvalue weighted by Gasteiger charge is 2.27. The minimum Gasteiger partial charge on any atom is -0.497 e. The van der Waals surface area contributed by atoms with Crippen LogP contribution in [0.2, 0.25) is 0 Å². The highest BCUT2D eigenvalue weighted by atomic mass is 16.5. The Morgan fingerprint density at radius 3 is 2.21 bits per heavy atom. The summed E-state index contributed by atoms with van der Waals surface area (Å²) in [6.45, 7) is 6.87. The largest absolute Gasteiger partial charge is 0.497 e. The summed E-state index contributed by atoms with van der Waals surface area (Å²) in [7, 11) is 1.65. The Bertz CT molecular complexity index is 1170. The zero-order chi connectivity index (χ0) is 24.1. The van der Waals surface area contributed by atoms with E-state index in [1.54, 1.807) is 20.1 Å². The van der Waals surface area contributed by atoms with Gasteiger partial charge in [0, 0.05) is 43.5 Å². The zero-order valence-corrected chi connectivity index (χ0v) is 19.8. The maximum Gasteiger partial charge on any atom is 0.267 e. The summed E-state index contributed by atoms with van der Waals surface area (Å²) < 4.78 is 12.0. The van der Waals surface area contributed by atoms with E-state index in [2.05, 4.69) is 10.00 Å². The van der Waals surface area contributed by atoms with Crippen LogP contribution >= 0.6 is 0 Å². The van der Waals surface area contributed by atoms with E-state index in [1.807, 2.05) is 60.4 Å². The van der Waals surface area contributed by atoms with Crippen molar-refractivity contribution >= 4 is 11.6 Å². The molecular weight excluding hydrogens is 432 g/mol. The first-order valence-electron chi connectivity index (χ1n) is 11.5. The van der Waals surface area contributed by atoms with Crippen molar-refractivity contribution in [2.75, 3.05) is 44.8 Å². The third kappa shape index (κ3) is 5.06. The van der Waals surface area contributed by atoms with E-state index >= 15 is 0 Å². The number of aromatic nitrogens is 2. The Hall–Kier alpha value is -3.81. The van der Waals surface area contributed by atoms with Gasteiger partial charge in [0.1, 0.15) is 17.5 Å². The molecule has 1 aliphatic rings. The van der Waals surface area contributed by atoms with E-state index in [9.17, 15) is 9.59 Å². The molecule has 178 valence electrons. The number of anilines is 1. The maximum atomic E-state index is 13.2. The van der Waals surface area contributed by atoms with E-state index in [4.69, 9.17) is 9.47 Å². The lowest BCUT2D eigenvalue weighted by Crippen LogP contribution is -2.51. The summed E-state index contributed by atoms with van der Waals surface area (Å²) in [6.07, 6.45) is 0. The number of carbonyl (C=O) groups is 1. The second-order valence-corrected chi connectivity index (χ2v) is 8.15. The summed E-state index contributed by atoms with van der Waals surface area (Å²) in [5, 5.41) is 4.51. The Labute approximate surface area is 199 Å². The van der Waals surface area contributed by atoms with Gasteiger partial charge in [0.2, 0.25) is 5.91 Å². The van der Waals surface area contributed by atoms with Crippen LogP contribution in [-0.4, -0.2) is 60.5 Å². The molecule has 2 aromatic carbocycles. The SMILES string of the molecule is CCOc1ccc(-c2ccc(=O)n(C(C)C(=O)N3CCN(c4ccc(OC)cc4)CC3)n2)cc1. The monoisotopic (exact) mass is 462 g/mol. The van der Waals surface area contributed by atoms with Crippen LogP contribution < -0.4 is 19.9 Å². The van der Waals surface area contributed by atoms with Crippen LogP contribution in [0.5, 0.6) is 11.5 Å². The molecule has 8 nitrogen and oxygen atoms in total. The Kier molecular flexibility index (Phi) is 7.15. The molecule has 0 aliphatic carbocycles. The van der Waals surface area contributed by atoms with Gasteiger partial charge in [0.05, 0.1) is 19.4 Å². The van der Waals surface area contributed by atoms with Gasteiger partial charge in [-0.2, -0.15) is 5.10 Å². The number of carbonyl (C=O) groups excluding carboxylic acids is 1. The molecule has 1 unspecified atom stereocenters. The van der Waals surface area contributed by atoms with Crippen molar-refractivity contribution in [3.8, 4) is 22.8 Å². The second-order valence-electron chi connectivity index (χ2n) is 8.15. The fraction of sp³-hybridized carbons (Fsp3) is 0.346. The van der Waals surface area contributed by atoms with Gasteiger partial charge < -0.3 is 19.3 Å². The molecule has 1 aliphatic heterocycles. The molecule has 34 heavy (non-hydrogen) atoms. The summed E-state index contributed by atoms with van der Waals surface area (Å²) in [6, 6.07) is 17.9. The zero-order valence-electron chi connectivity index (χ0n) is 19.8. The molecule has 1 aromatic heterocycles. The molecule has 0 spiro atoms. The standard InChI is InChI=1S/C26H30N4O4/c1-4-34-23-9-5-20(6-10-23)24-13-14-25(31)30(27-24)19(2)26(32)29-17-15-28(16-18-29)21-7-11-22(33-3)12-8-21/h5-14,19H,4,15-18H2,1-3H3. The van der Waals surface area contributed by atoms with Crippen molar-refractivity contribution < 1.29 is 14.3 Å². The predicted molar refractivity (Wildman–Crippen MR) is 132 cm³/mol. The Balaban J connectivity index is 1.44. The molecule has 1 saturated heterocycles.